The highest BCUT2D eigenvalue weighted by Crippen LogP contribution is 2.23. The minimum atomic E-state index is 0.557. The van der Waals surface area contributed by atoms with Crippen molar-refractivity contribution >= 4 is 21.6 Å². The van der Waals surface area contributed by atoms with Gasteiger partial charge in [0.1, 0.15) is 6.07 Å². The highest BCUT2D eigenvalue weighted by Gasteiger charge is 2.03. The minimum Gasteiger partial charge on any atom is -0.373 e. The number of halogens is 1. The van der Waals surface area contributed by atoms with E-state index >= 15 is 0 Å². The third kappa shape index (κ3) is 2.52. The van der Waals surface area contributed by atoms with Crippen molar-refractivity contribution in [1.82, 2.24) is 0 Å². The van der Waals surface area contributed by atoms with E-state index in [4.69, 9.17) is 5.26 Å². The van der Waals surface area contributed by atoms with Crippen molar-refractivity contribution in [3.8, 4) is 17.9 Å². The average Bonchev–Trinajstić information content (AvgIpc) is 2.18. The summed E-state index contributed by atoms with van der Waals surface area (Å²) in [6.45, 7) is 2.34. The van der Waals surface area contributed by atoms with E-state index in [0.29, 0.717) is 12.1 Å². The van der Waals surface area contributed by atoms with Crippen LogP contribution in [0.25, 0.3) is 0 Å². The lowest BCUT2D eigenvalue weighted by atomic mass is 10.2. The van der Waals surface area contributed by atoms with Crippen molar-refractivity contribution in [2.24, 2.45) is 0 Å². The van der Waals surface area contributed by atoms with E-state index in [1.807, 2.05) is 18.2 Å². The van der Waals surface area contributed by atoms with Crippen molar-refractivity contribution in [2.75, 3.05) is 11.9 Å². The van der Waals surface area contributed by atoms with Gasteiger partial charge in [-0.25, -0.2) is 0 Å². The van der Waals surface area contributed by atoms with Gasteiger partial charge in [0, 0.05) is 4.47 Å². The molecule has 1 aromatic rings. The molecule has 1 rings (SSSR count). The first-order valence-corrected chi connectivity index (χ1v) is 4.91. The number of nitrogens with one attached hydrogen (secondary N) is 1. The Morgan fingerprint density at radius 3 is 2.93 bits per heavy atom. The second-order valence-electron chi connectivity index (χ2n) is 2.55. The van der Waals surface area contributed by atoms with Crippen LogP contribution in [-0.4, -0.2) is 6.54 Å². The molecule has 0 fully saturated rings. The fraction of sp³-hybridized carbons (Fsp3) is 0.182. The Balaban J connectivity index is 2.90. The molecule has 0 aliphatic heterocycles. The predicted molar refractivity (Wildman–Crippen MR) is 60.8 cm³/mol. The summed E-state index contributed by atoms with van der Waals surface area (Å²) in [5.74, 6) is 5.66. The number of rotatable bonds is 2. The lowest BCUT2D eigenvalue weighted by Crippen LogP contribution is -2.00. The van der Waals surface area contributed by atoms with Gasteiger partial charge in [-0.2, -0.15) is 5.26 Å². The molecule has 3 heteroatoms. The summed E-state index contributed by atoms with van der Waals surface area (Å²) in [6, 6.07) is 7.72. The quantitative estimate of drug-likeness (QED) is 0.818. The molecule has 70 valence electrons. The average molecular weight is 249 g/mol. The SMILES string of the molecule is CC#CCNc1cccc(Br)c1C#N. The maximum absolute atomic E-state index is 8.90. The third-order valence-electron chi connectivity index (χ3n) is 1.67. The molecule has 0 saturated carbocycles. The fourth-order valence-electron chi connectivity index (χ4n) is 1.01. The van der Waals surface area contributed by atoms with Crippen LogP contribution in [-0.2, 0) is 0 Å². The summed E-state index contributed by atoms with van der Waals surface area (Å²) in [7, 11) is 0. The van der Waals surface area contributed by atoms with Gasteiger partial charge < -0.3 is 5.32 Å². The highest BCUT2D eigenvalue weighted by atomic mass is 79.9. The van der Waals surface area contributed by atoms with Crippen molar-refractivity contribution in [3.05, 3.63) is 28.2 Å². The Hall–Kier alpha value is -1.45. The molecule has 0 amide bonds. The molecule has 0 saturated heterocycles. The lowest BCUT2D eigenvalue weighted by molar-refractivity contribution is 1.35. The van der Waals surface area contributed by atoms with Crippen LogP contribution in [0, 0.1) is 23.2 Å². The molecule has 0 radical (unpaired) electrons. The largest absolute Gasteiger partial charge is 0.373 e. The summed E-state index contributed by atoms with van der Waals surface area (Å²) >= 11 is 3.32. The van der Waals surface area contributed by atoms with Gasteiger partial charge in [0.25, 0.3) is 0 Å². The molecular formula is C11H9BrN2. The molecule has 0 spiro atoms. The van der Waals surface area contributed by atoms with E-state index in [9.17, 15) is 0 Å². The molecule has 0 atom stereocenters. The van der Waals surface area contributed by atoms with Gasteiger partial charge in [-0.15, -0.1) is 5.92 Å². The Morgan fingerprint density at radius 2 is 2.29 bits per heavy atom. The zero-order valence-corrected chi connectivity index (χ0v) is 9.35. The van der Waals surface area contributed by atoms with Crippen LogP contribution in [0.3, 0.4) is 0 Å². The molecular weight excluding hydrogens is 240 g/mol. The topological polar surface area (TPSA) is 35.8 Å². The Labute approximate surface area is 92.1 Å². The van der Waals surface area contributed by atoms with E-state index in [-0.39, 0.29) is 0 Å². The molecule has 0 aliphatic rings. The summed E-state index contributed by atoms with van der Waals surface area (Å²) in [4.78, 5) is 0. The smallest absolute Gasteiger partial charge is 0.103 e. The third-order valence-corrected chi connectivity index (χ3v) is 2.33. The fourth-order valence-corrected chi connectivity index (χ4v) is 1.47. The van der Waals surface area contributed by atoms with E-state index in [1.165, 1.54) is 0 Å². The molecule has 1 N–H and O–H groups in total. The number of hydrogen-bond acceptors (Lipinski definition) is 2. The summed E-state index contributed by atoms with van der Waals surface area (Å²) < 4.78 is 0.800. The molecule has 0 aliphatic carbocycles. The summed E-state index contributed by atoms with van der Waals surface area (Å²) in [5.41, 5.74) is 1.43. The molecule has 0 aromatic heterocycles. The number of nitrogens with zero attached hydrogens (tertiary/aromatic N) is 1. The van der Waals surface area contributed by atoms with Gasteiger partial charge in [-0.3, -0.25) is 0 Å². The van der Waals surface area contributed by atoms with Gasteiger partial charge in [-0.1, -0.05) is 12.0 Å². The maximum Gasteiger partial charge on any atom is 0.103 e. The van der Waals surface area contributed by atoms with Crippen LogP contribution in [0.5, 0.6) is 0 Å². The van der Waals surface area contributed by atoms with Gasteiger partial charge in [-0.05, 0) is 35.0 Å². The van der Waals surface area contributed by atoms with Gasteiger partial charge in [0.05, 0.1) is 17.8 Å². The van der Waals surface area contributed by atoms with Crippen LogP contribution in [0.15, 0.2) is 22.7 Å². The van der Waals surface area contributed by atoms with E-state index in [2.05, 4.69) is 39.2 Å². The predicted octanol–water partition coefficient (Wildman–Crippen LogP) is 2.76. The first-order chi connectivity index (χ1) is 6.79. The zero-order chi connectivity index (χ0) is 10.4. The summed E-state index contributed by atoms with van der Waals surface area (Å²) in [6.07, 6.45) is 0. The summed E-state index contributed by atoms with van der Waals surface area (Å²) in [5, 5.41) is 12.0. The van der Waals surface area contributed by atoms with Crippen molar-refractivity contribution in [1.29, 1.82) is 5.26 Å². The van der Waals surface area contributed by atoms with Crippen LogP contribution >= 0.6 is 15.9 Å². The second-order valence-corrected chi connectivity index (χ2v) is 3.41. The lowest BCUT2D eigenvalue weighted by Gasteiger charge is -2.05. The normalized spacial score (nSPS) is 8.36. The van der Waals surface area contributed by atoms with E-state index in [0.717, 1.165) is 10.2 Å². The van der Waals surface area contributed by atoms with Crippen molar-refractivity contribution in [3.63, 3.8) is 0 Å². The standard InChI is InChI=1S/C11H9BrN2/c1-2-3-7-14-11-6-4-5-10(12)9(11)8-13/h4-6,14H,7H2,1H3. The van der Waals surface area contributed by atoms with Gasteiger partial charge in [0.15, 0.2) is 0 Å². The Kier molecular flexibility index (Phi) is 4.04. The first kappa shape index (κ1) is 10.6. The van der Waals surface area contributed by atoms with Crippen LogP contribution < -0.4 is 5.32 Å². The van der Waals surface area contributed by atoms with E-state index in [1.54, 1.807) is 6.92 Å². The maximum atomic E-state index is 8.90. The minimum absolute atomic E-state index is 0.557. The molecule has 0 heterocycles. The Bertz CT molecular complexity index is 421. The highest BCUT2D eigenvalue weighted by molar-refractivity contribution is 9.10. The molecule has 2 nitrogen and oxygen atoms in total. The molecule has 14 heavy (non-hydrogen) atoms. The van der Waals surface area contributed by atoms with E-state index < -0.39 is 0 Å². The number of benzene rings is 1. The van der Waals surface area contributed by atoms with Gasteiger partial charge in [0.2, 0.25) is 0 Å². The van der Waals surface area contributed by atoms with Crippen LogP contribution in [0.4, 0.5) is 5.69 Å². The van der Waals surface area contributed by atoms with Crippen LogP contribution in [0.1, 0.15) is 12.5 Å². The Morgan fingerprint density at radius 1 is 1.50 bits per heavy atom. The molecule has 0 unspecified atom stereocenters. The monoisotopic (exact) mass is 248 g/mol. The van der Waals surface area contributed by atoms with Crippen molar-refractivity contribution in [2.45, 2.75) is 6.92 Å². The molecule has 0 bridgehead atoms. The second kappa shape index (κ2) is 5.32. The molecule has 1 aromatic carbocycles. The number of nitriles is 1. The van der Waals surface area contributed by atoms with Gasteiger partial charge >= 0.3 is 0 Å². The number of hydrogen-bond donors (Lipinski definition) is 1. The van der Waals surface area contributed by atoms with Crippen molar-refractivity contribution < 1.29 is 0 Å². The first-order valence-electron chi connectivity index (χ1n) is 4.11. The zero-order valence-electron chi connectivity index (χ0n) is 7.76. The number of anilines is 1. The van der Waals surface area contributed by atoms with Crippen LogP contribution in [0.2, 0.25) is 0 Å².